The molecule has 3 heteroatoms. The van der Waals surface area contributed by atoms with Crippen molar-refractivity contribution in [3.8, 4) is 0 Å². The maximum Gasteiger partial charge on any atom is 0.123 e. The topological polar surface area (TPSA) is 24.9 Å². The maximum atomic E-state index is 14.0. The second-order valence-electron chi connectivity index (χ2n) is 7.04. The lowest BCUT2D eigenvalue weighted by molar-refractivity contribution is 0.627. The molecule has 28 heavy (non-hydrogen) atoms. The zero-order chi connectivity index (χ0) is 19.3. The van der Waals surface area contributed by atoms with Crippen molar-refractivity contribution < 1.29 is 4.39 Å². The molecule has 0 fully saturated rings. The van der Waals surface area contributed by atoms with Crippen molar-refractivity contribution in [3.05, 3.63) is 107 Å². The number of benzene rings is 2. The summed E-state index contributed by atoms with van der Waals surface area (Å²) in [5.74, 6) is -0.188. The number of halogens is 1. The highest BCUT2D eigenvalue weighted by atomic mass is 19.1. The van der Waals surface area contributed by atoms with Gasteiger partial charge in [0.2, 0.25) is 0 Å². The summed E-state index contributed by atoms with van der Waals surface area (Å²) >= 11 is 0. The molecule has 2 nitrogen and oxygen atoms in total. The first-order chi connectivity index (χ1) is 13.7. The number of fused-ring (bicyclic) bond motifs is 1. The summed E-state index contributed by atoms with van der Waals surface area (Å²) in [6.45, 7) is 3.82. The Bertz CT molecular complexity index is 1020. The third kappa shape index (κ3) is 3.95. The number of allylic oxidation sites excluding steroid dienone is 2. The summed E-state index contributed by atoms with van der Waals surface area (Å²) in [6, 6.07) is 19.4. The van der Waals surface area contributed by atoms with Crippen LogP contribution in [0.2, 0.25) is 0 Å². The summed E-state index contributed by atoms with van der Waals surface area (Å²) in [6.07, 6.45) is 6.61. The number of aromatic nitrogens is 1. The van der Waals surface area contributed by atoms with E-state index in [0.29, 0.717) is 0 Å². The largest absolute Gasteiger partial charge is 0.312 e. The first-order valence-electron chi connectivity index (χ1n) is 9.59. The van der Waals surface area contributed by atoms with Crippen LogP contribution in [-0.2, 0) is 6.54 Å². The molecule has 4 rings (SSSR count). The summed E-state index contributed by atoms with van der Waals surface area (Å²) in [7, 11) is 0. The van der Waals surface area contributed by atoms with Gasteiger partial charge in [0.25, 0.3) is 0 Å². The number of hydrogen-bond donors (Lipinski definition) is 1. The van der Waals surface area contributed by atoms with Crippen LogP contribution in [0.5, 0.6) is 0 Å². The molecular formula is C25H23FN2. The zero-order valence-electron chi connectivity index (χ0n) is 16.0. The van der Waals surface area contributed by atoms with E-state index in [9.17, 15) is 4.39 Å². The maximum absolute atomic E-state index is 14.0. The van der Waals surface area contributed by atoms with E-state index in [2.05, 4.69) is 47.6 Å². The number of rotatable bonds is 6. The first kappa shape index (κ1) is 18.3. The average molecular weight is 370 g/mol. The lowest BCUT2D eigenvalue weighted by atomic mass is 10.0. The van der Waals surface area contributed by atoms with Crippen LogP contribution in [-0.4, -0.2) is 11.5 Å². The second-order valence-corrected chi connectivity index (χ2v) is 7.04. The van der Waals surface area contributed by atoms with Crippen molar-refractivity contribution in [2.45, 2.75) is 19.9 Å². The van der Waals surface area contributed by atoms with E-state index in [1.807, 2.05) is 24.3 Å². The number of pyridine rings is 1. The summed E-state index contributed by atoms with van der Waals surface area (Å²) in [4.78, 5) is 4.09. The van der Waals surface area contributed by atoms with Gasteiger partial charge in [0, 0.05) is 18.9 Å². The molecule has 0 saturated carbocycles. The molecule has 1 heterocycles. The minimum absolute atomic E-state index is 0.188. The van der Waals surface area contributed by atoms with Gasteiger partial charge >= 0.3 is 0 Å². The lowest BCUT2D eigenvalue weighted by Crippen LogP contribution is -2.15. The summed E-state index contributed by atoms with van der Waals surface area (Å²) in [5, 5.41) is 3.50. The Labute approximate surface area is 165 Å². The van der Waals surface area contributed by atoms with Gasteiger partial charge in [0.05, 0.1) is 0 Å². The first-order valence-corrected chi connectivity index (χ1v) is 9.59. The van der Waals surface area contributed by atoms with Crippen molar-refractivity contribution in [3.63, 3.8) is 0 Å². The Morgan fingerprint density at radius 3 is 2.54 bits per heavy atom. The second kappa shape index (κ2) is 8.32. The monoisotopic (exact) mass is 370 g/mol. The quantitative estimate of drug-likeness (QED) is 0.561. The molecule has 0 atom stereocenters. The van der Waals surface area contributed by atoms with Crippen molar-refractivity contribution in [1.29, 1.82) is 0 Å². The molecule has 0 unspecified atom stereocenters. The molecule has 0 aliphatic heterocycles. The van der Waals surface area contributed by atoms with Crippen LogP contribution < -0.4 is 5.32 Å². The Kier molecular flexibility index (Phi) is 5.45. The van der Waals surface area contributed by atoms with Crippen LogP contribution >= 0.6 is 0 Å². The molecule has 0 bridgehead atoms. The fourth-order valence-electron chi connectivity index (χ4n) is 3.74. The molecule has 140 valence electrons. The smallest absolute Gasteiger partial charge is 0.123 e. The predicted molar refractivity (Wildman–Crippen MR) is 114 cm³/mol. The molecule has 1 aliphatic carbocycles. The van der Waals surface area contributed by atoms with Crippen LogP contribution in [0.3, 0.4) is 0 Å². The SMILES string of the molecule is CC1=C(CCNCc2ccccc2)c2cc(F)ccc2/C1=C/c1ccncc1. The van der Waals surface area contributed by atoms with Gasteiger partial charge in [-0.1, -0.05) is 36.4 Å². The fraction of sp³-hybridized carbons (Fsp3) is 0.160. The van der Waals surface area contributed by atoms with Crippen LogP contribution in [0, 0.1) is 5.82 Å². The molecule has 0 amide bonds. The molecule has 1 aliphatic rings. The number of hydrogen-bond acceptors (Lipinski definition) is 2. The molecule has 0 radical (unpaired) electrons. The normalized spacial score (nSPS) is 14.6. The highest BCUT2D eigenvalue weighted by molar-refractivity contribution is 6.05. The van der Waals surface area contributed by atoms with Crippen molar-refractivity contribution >= 4 is 17.2 Å². The third-order valence-corrected chi connectivity index (χ3v) is 5.19. The molecule has 1 N–H and O–H groups in total. The van der Waals surface area contributed by atoms with Crippen LogP contribution in [0.1, 0.15) is 35.6 Å². The summed E-state index contributed by atoms with van der Waals surface area (Å²) < 4.78 is 14.0. The number of nitrogens with zero attached hydrogens (tertiary/aromatic N) is 1. The van der Waals surface area contributed by atoms with Crippen molar-refractivity contribution in [1.82, 2.24) is 10.3 Å². The Morgan fingerprint density at radius 2 is 1.75 bits per heavy atom. The van der Waals surface area contributed by atoms with Gasteiger partial charge in [-0.2, -0.15) is 0 Å². The van der Waals surface area contributed by atoms with E-state index in [-0.39, 0.29) is 5.82 Å². The number of nitrogens with one attached hydrogen (secondary N) is 1. The van der Waals surface area contributed by atoms with Crippen LogP contribution in [0.4, 0.5) is 4.39 Å². The minimum Gasteiger partial charge on any atom is -0.312 e. The highest BCUT2D eigenvalue weighted by Crippen LogP contribution is 2.43. The predicted octanol–water partition coefficient (Wildman–Crippen LogP) is 5.73. The average Bonchev–Trinajstić information content (AvgIpc) is 2.97. The van der Waals surface area contributed by atoms with Crippen molar-refractivity contribution in [2.24, 2.45) is 0 Å². The van der Waals surface area contributed by atoms with Gasteiger partial charge < -0.3 is 5.32 Å². The van der Waals surface area contributed by atoms with E-state index in [1.165, 1.54) is 22.3 Å². The van der Waals surface area contributed by atoms with Gasteiger partial charge in [-0.15, -0.1) is 0 Å². The van der Waals surface area contributed by atoms with Gasteiger partial charge in [-0.25, -0.2) is 4.39 Å². The minimum atomic E-state index is -0.188. The Hall–Kier alpha value is -3.04. The Morgan fingerprint density at radius 1 is 0.964 bits per heavy atom. The Balaban J connectivity index is 1.56. The molecular weight excluding hydrogens is 347 g/mol. The van der Waals surface area contributed by atoms with Crippen LogP contribution in [0.25, 0.3) is 17.2 Å². The molecule has 3 aromatic rings. The van der Waals surface area contributed by atoms with E-state index in [0.717, 1.165) is 36.2 Å². The van der Waals surface area contributed by atoms with E-state index < -0.39 is 0 Å². The molecule has 2 aromatic carbocycles. The molecule has 0 saturated heterocycles. The van der Waals surface area contributed by atoms with E-state index >= 15 is 0 Å². The van der Waals surface area contributed by atoms with Crippen molar-refractivity contribution in [2.75, 3.05) is 6.54 Å². The van der Waals surface area contributed by atoms with Gasteiger partial charge in [0.15, 0.2) is 0 Å². The third-order valence-electron chi connectivity index (χ3n) is 5.19. The van der Waals surface area contributed by atoms with E-state index in [4.69, 9.17) is 0 Å². The van der Waals surface area contributed by atoms with Gasteiger partial charge in [0.1, 0.15) is 5.82 Å². The van der Waals surface area contributed by atoms with Gasteiger partial charge in [-0.3, -0.25) is 4.98 Å². The standard InChI is InChI=1S/C25H23FN2/c1-18-22(11-14-28-17-20-5-3-2-4-6-20)25-16-21(26)7-8-23(25)24(18)15-19-9-12-27-13-10-19/h2-10,12-13,15-16,28H,11,14,17H2,1H3/b24-15+. The van der Waals surface area contributed by atoms with Gasteiger partial charge in [-0.05, 0) is 89.2 Å². The molecule has 0 spiro atoms. The fourth-order valence-corrected chi connectivity index (χ4v) is 3.74. The summed E-state index contributed by atoms with van der Waals surface area (Å²) in [5.41, 5.74) is 8.09. The zero-order valence-corrected chi connectivity index (χ0v) is 16.0. The van der Waals surface area contributed by atoms with Crippen LogP contribution in [0.15, 0.2) is 78.6 Å². The highest BCUT2D eigenvalue weighted by Gasteiger charge is 2.23. The van der Waals surface area contributed by atoms with E-state index in [1.54, 1.807) is 24.5 Å². The lowest BCUT2D eigenvalue weighted by Gasteiger charge is -2.08. The molecule has 1 aromatic heterocycles.